The average Bonchev–Trinajstić information content (AvgIpc) is 2.91. The largest absolute Gasteiger partial charge is 0.318 e. The number of unbranched alkanes of at least 4 members (excludes halogenated alkanes) is 2. The van der Waals surface area contributed by atoms with Crippen LogP contribution in [0, 0.1) is 0 Å². The molecular formula is C16H24N2OS. The van der Waals surface area contributed by atoms with E-state index in [2.05, 4.69) is 41.6 Å². The molecule has 2 aliphatic rings. The predicted molar refractivity (Wildman–Crippen MR) is 82.6 cm³/mol. The van der Waals surface area contributed by atoms with Gasteiger partial charge in [-0.1, -0.05) is 32.3 Å². The van der Waals surface area contributed by atoms with Crippen molar-refractivity contribution in [3.8, 4) is 0 Å². The maximum Gasteiger partial charge on any atom is 0.244 e. The minimum Gasteiger partial charge on any atom is -0.318 e. The number of amides is 1. The molecule has 1 N–H and O–H groups in total. The van der Waals surface area contributed by atoms with Crippen molar-refractivity contribution in [2.24, 2.45) is 0 Å². The zero-order valence-corrected chi connectivity index (χ0v) is 13.2. The van der Waals surface area contributed by atoms with Crippen LogP contribution in [0.1, 0.15) is 63.4 Å². The topological polar surface area (TPSA) is 32.3 Å². The molecule has 2 atom stereocenters. The number of carbonyl (C=O) groups excluding carboxylic acids is 1. The summed E-state index contributed by atoms with van der Waals surface area (Å²) < 4.78 is 0. The normalized spacial score (nSPS) is 25.4. The maximum absolute atomic E-state index is 12.7. The van der Waals surface area contributed by atoms with Crippen molar-refractivity contribution in [2.75, 3.05) is 0 Å². The summed E-state index contributed by atoms with van der Waals surface area (Å²) in [5.74, 6) is 0.333. The molecule has 20 heavy (non-hydrogen) atoms. The van der Waals surface area contributed by atoms with E-state index in [-0.39, 0.29) is 11.7 Å². The van der Waals surface area contributed by atoms with Gasteiger partial charge in [-0.2, -0.15) is 0 Å². The highest BCUT2D eigenvalue weighted by Crippen LogP contribution is 2.47. The standard InChI is InChI=1S/C16H24N2OS/c1-3-4-5-7-12(2)18-14(13-8-6-11-20-13)17-16(9-10-16)15(18)19/h6,8,11-12,14,17H,3-5,7,9-10H2,1-2H3. The van der Waals surface area contributed by atoms with Gasteiger partial charge in [-0.25, -0.2) is 0 Å². The first-order chi connectivity index (χ1) is 9.68. The van der Waals surface area contributed by atoms with Crippen molar-refractivity contribution in [3.63, 3.8) is 0 Å². The summed E-state index contributed by atoms with van der Waals surface area (Å²) in [6.45, 7) is 4.43. The summed E-state index contributed by atoms with van der Waals surface area (Å²) >= 11 is 1.74. The fourth-order valence-corrected chi connectivity index (χ4v) is 3.95. The third-order valence-electron chi connectivity index (χ3n) is 4.60. The molecule has 1 spiro atoms. The van der Waals surface area contributed by atoms with Crippen LogP contribution in [-0.2, 0) is 4.79 Å². The van der Waals surface area contributed by atoms with Gasteiger partial charge in [-0.15, -0.1) is 11.3 Å². The molecular weight excluding hydrogens is 268 g/mol. The molecule has 1 saturated heterocycles. The third-order valence-corrected chi connectivity index (χ3v) is 5.52. The minimum absolute atomic E-state index is 0.0987. The van der Waals surface area contributed by atoms with Gasteiger partial charge in [0.25, 0.3) is 0 Å². The number of nitrogens with zero attached hydrogens (tertiary/aromatic N) is 1. The van der Waals surface area contributed by atoms with Crippen molar-refractivity contribution in [1.29, 1.82) is 0 Å². The Bertz CT molecular complexity index is 467. The summed E-state index contributed by atoms with van der Waals surface area (Å²) in [5.41, 5.74) is -0.215. The number of hydrogen-bond acceptors (Lipinski definition) is 3. The van der Waals surface area contributed by atoms with Gasteiger partial charge in [-0.05, 0) is 37.6 Å². The van der Waals surface area contributed by atoms with Crippen molar-refractivity contribution in [1.82, 2.24) is 10.2 Å². The predicted octanol–water partition coefficient (Wildman–Crippen LogP) is 3.68. The lowest BCUT2D eigenvalue weighted by molar-refractivity contribution is -0.132. The van der Waals surface area contributed by atoms with E-state index in [4.69, 9.17) is 0 Å². The van der Waals surface area contributed by atoms with Crippen molar-refractivity contribution >= 4 is 17.2 Å². The van der Waals surface area contributed by atoms with E-state index in [1.165, 1.54) is 24.1 Å². The highest BCUT2D eigenvalue weighted by Gasteiger charge is 2.60. The van der Waals surface area contributed by atoms with Gasteiger partial charge in [-0.3, -0.25) is 10.1 Å². The SMILES string of the molecule is CCCCCC(C)N1C(=O)C2(CC2)NC1c1cccs1. The summed E-state index contributed by atoms with van der Waals surface area (Å²) in [6.07, 6.45) is 6.93. The zero-order chi connectivity index (χ0) is 14.2. The molecule has 4 heteroatoms. The van der Waals surface area contributed by atoms with Crippen LogP contribution in [0.4, 0.5) is 0 Å². The fraction of sp³-hybridized carbons (Fsp3) is 0.688. The van der Waals surface area contributed by atoms with Crippen LogP contribution in [0.2, 0.25) is 0 Å². The summed E-state index contributed by atoms with van der Waals surface area (Å²) in [5, 5.41) is 5.70. The second-order valence-corrected chi connectivity index (χ2v) is 7.18. The quantitative estimate of drug-likeness (QED) is 0.811. The van der Waals surface area contributed by atoms with Crippen molar-refractivity contribution < 1.29 is 4.79 Å². The van der Waals surface area contributed by atoms with E-state index in [1.54, 1.807) is 11.3 Å². The Kier molecular flexibility index (Phi) is 3.87. The van der Waals surface area contributed by atoms with Crippen LogP contribution in [0.25, 0.3) is 0 Å². The van der Waals surface area contributed by atoms with E-state index in [0.29, 0.717) is 11.9 Å². The Labute approximate surface area is 125 Å². The van der Waals surface area contributed by atoms with Gasteiger partial charge in [0.05, 0.1) is 0 Å². The van der Waals surface area contributed by atoms with E-state index in [9.17, 15) is 4.79 Å². The number of hydrogen-bond donors (Lipinski definition) is 1. The van der Waals surface area contributed by atoms with Gasteiger partial charge in [0, 0.05) is 10.9 Å². The molecule has 0 bridgehead atoms. The lowest BCUT2D eigenvalue weighted by atomic mass is 10.1. The number of nitrogens with one attached hydrogen (secondary N) is 1. The van der Waals surface area contributed by atoms with Crippen molar-refractivity contribution in [2.45, 2.75) is 70.1 Å². The monoisotopic (exact) mass is 292 g/mol. The van der Waals surface area contributed by atoms with E-state index < -0.39 is 0 Å². The molecule has 110 valence electrons. The first-order valence-corrected chi connectivity index (χ1v) is 8.70. The van der Waals surface area contributed by atoms with Crippen LogP contribution in [-0.4, -0.2) is 22.4 Å². The Morgan fingerprint density at radius 3 is 2.90 bits per heavy atom. The molecule has 2 heterocycles. The highest BCUT2D eigenvalue weighted by molar-refractivity contribution is 7.10. The molecule has 1 aliphatic carbocycles. The first kappa shape index (κ1) is 14.1. The second-order valence-electron chi connectivity index (χ2n) is 6.20. The van der Waals surface area contributed by atoms with Crippen LogP contribution >= 0.6 is 11.3 Å². The van der Waals surface area contributed by atoms with Gasteiger partial charge in [0.2, 0.25) is 5.91 Å². The molecule has 1 aliphatic heterocycles. The highest BCUT2D eigenvalue weighted by atomic mass is 32.1. The molecule has 1 aromatic heterocycles. The minimum atomic E-state index is -0.215. The van der Waals surface area contributed by atoms with Crippen LogP contribution in [0.15, 0.2) is 17.5 Å². The van der Waals surface area contributed by atoms with Crippen LogP contribution in [0.3, 0.4) is 0 Å². The van der Waals surface area contributed by atoms with E-state index in [1.807, 2.05) is 0 Å². The molecule has 1 aromatic rings. The number of thiophene rings is 1. The summed E-state index contributed by atoms with van der Waals surface area (Å²) in [6, 6.07) is 4.54. The smallest absolute Gasteiger partial charge is 0.244 e. The number of rotatable bonds is 6. The summed E-state index contributed by atoms with van der Waals surface area (Å²) in [4.78, 5) is 16.1. The molecule has 3 nitrogen and oxygen atoms in total. The Balaban J connectivity index is 1.76. The zero-order valence-electron chi connectivity index (χ0n) is 12.4. The molecule has 2 unspecified atom stereocenters. The van der Waals surface area contributed by atoms with Gasteiger partial charge < -0.3 is 4.90 Å². The molecule has 1 saturated carbocycles. The first-order valence-electron chi connectivity index (χ1n) is 7.82. The molecule has 0 aromatic carbocycles. The molecule has 0 radical (unpaired) electrons. The molecule has 1 amide bonds. The second kappa shape index (κ2) is 5.49. The lowest BCUT2D eigenvalue weighted by Crippen LogP contribution is -2.38. The van der Waals surface area contributed by atoms with E-state index >= 15 is 0 Å². The fourth-order valence-electron chi connectivity index (χ4n) is 3.18. The van der Waals surface area contributed by atoms with Gasteiger partial charge in [0.15, 0.2) is 0 Å². The lowest BCUT2D eigenvalue weighted by Gasteiger charge is -2.30. The van der Waals surface area contributed by atoms with Crippen LogP contribution in [0.5, 0.6) is 0 Å². The number of carbonyl (C=O) groups is 1. The Morgan fingerprint density at radius 2 is 2.30 bits per heavy atom. The maximum atomic E-state index is 12.7. The average molecular weight is 292 g/mol. The molecule has 2 fully saturated rings. The third kappa shape index (κ3) is 2.40. The van der Waals surface area contributed by atoms with Gasteiger partial charge in [0.1, 0.15) is 11.7 Å². The molecule has 3 rings (SSSR count). The summed E-state index contributed by atoms with van der Waals surface area (Å²) in [7, 11) is 0. The van der Waals surface area contributed by atoms with Crippen LogP contribution < -0.4 is 5.32 Å². The van der Waals surface area contributed by atoms with Gasteiger partial charge >= 0.3 is 0 Å². The Morgan fingerprint density at radius 1 is 1.50 bits per heavy atom. The van der Waals surface area contributed by atoms with Crippen molar-refractivity contribution in [3.05, 3.63) is 22.4 Å². The Hall–Kier alpha value is -0.870. The van der Waals surface area contributed by atoms with E-state index in [0.717, 1.165) is 19.3 Å².